The monoisotopic (exact) mass is 257 g/mol. The molecule has 1 aliphatic rings. The number of nitrogens with zero attached hydrogens (tertiary/aromatic N) is 3. The summed E-state index contributed by atoms with van der Waals surface area (Å²) in [6.07, 6.45) is 2.16. The molecule has 0 aliphatic carbocycles. The summed E-state index contributed by atoms with van der Waals surface area (Å²) < 4.78 is 7.87. The highest BCUT2D eigenvalue weighted by atomic mass is 16.5. The first kappa shape index (κ1) is 12.2. The van der Waals surface area contributed by atoms with Gasteiger partial charge in [0.15, 0.2) is 0 Å². The fraction of sp³-hybridized carbons (Fsp3) is 0.400. The average molecular weight is 257 g/mol. The van der Waals surface area contributed by atoms with E-state index in [0.717, 1.165) is 25.4 Å². The predicted octanol–water partition coefficient (Wildman–Crippen LogP) is 1.99. The van der Waals surface area contributed by atoms with Gasteiger partial charge in [0, 0.05) is 32.9 Å². The van der Waals surface area contributed by atoms with Gasteiger partial charge >= 0.3 is 0 Å². The lowest BCUT2D eigenvalue weighted by molar-refractivity contribution is 0.0131. The molecule has 100 valence electrons. The van der Waals surface area contributed by atoms with Crippen molar-refractivity contribution in [3.05, 3.63) is 47.8 Å². The molecule has 0 saturated carbocycles. The highest BCUT2D eigenvalue weighted by Crippen LogP contribution is 2.20. The normalized spacial score (nSPS) is 16.3. The van der Waals surface area contributed by atoms with Crippen molar-refractivity contribution in [3.8, 4) is 5.75 Å². The fourth-order valence-corrected chi connectivity index (χ4v) is 2.39. The van der Waals surface area contributed by atoms with Crippen LogP contribution >= 0.6 is 0 Å². The number of hydrogen-bond donors (Lipinski definition) is 0. The zero-order valence-corrected chi connectivity index (χ0v) is 11.4. The topological polar surface area (TPSA) is 30.3 Å². The van der Waals surface area contributed by atoms with Gasteiger partial charge in [-0.1, -0.05) is 12.1 Å². The standard InChI is InChI=1S/C15H19N3O/c1-12-4-3-5-14(8-12)19-15-10-18(11-15)9-13-6-7-16-17(13)2/h3-8,15H,9-11H2,1-2H3. The summed E-state index contributed by atoms with van der Waals surface area (Å²) in [5.74, 6) is 0.977. The van der Waals surface area contributed by atoms with Crippen molar-refractivity contribution in [2.75, 3.05) is 13.1 Å². The number of likely N-dealkylation sites (tertiary alicyclic amines) is 1. The Balaban J connectivity index is 1.49. The van der Waals surface area contributed by atoms with Gasteiger partial charge in [0.1, 0.15) is 11.9 Å². The van der Waals surface area contributed by atoms with Crippen LogP contribution in [0.3, 0.4) is 0 Å². The minimum atomic E-state index is 0.315. The number of ether oxygens (including phenoxy) is 1. The maximum absolute atomic E-state index is 5.95. The van der Waals surface area contributed by atoms with Crippen molar-refractivity contribution in [2.45, 2.75) is 19.6 Å². The van der Waals surface area contributed by atoms with Gasteiger partial charge in [0.2, 0.25) is 0 Å². The van der Waals surface area contributed by atoms with E-state index in [1.165, 1.54) is 11.3 Å². The van der Waals surface area contributed by atoms with Crippen LogP contribution in [0.25, 0.3) is 0 Å². The van der Waals surface area contributed by atoms with E-state index in [2.05, 4.69) is 35.1 Å². The van der Waals surface area contributed by atoms with Crippen molar-refractivity contribution < 1.29 is 4.74 Å². The Morgan fingerprint density at radius 3 is 2.84 bits per heavy atom. The summed E-state index contributed by atoms with van der Waals surface area (Å²) in [5, 5.41) is 4.18. The molecule has 1 aromatic carbocycles. The number of aryl methyl sites for hydroxylation is 2. The molecule has 4 heteroatoms. The van der Waals surface area contributed by atoms with Crippen LogP contribution in [0.2, 0.25) is 0 Å². The molecule has 0 unspecified atom stereocenters. The van der Waals surface area contributed by atoms with Gasteiger partial charge < -0.3 is 4.74 Å². The lowest BCUT2D eigenvalue weighted by Crippen LogP contribution is -2.53. The SMILES string of the molecule is Cc1cccc(OC2CN(Cc3ccnn3C)C2)c1. The smallest absolute Gasteiger partial charge is 0.124 e. The van der Waals surface area contributed by atoms with E-state index in [0.29, 0.717) is 6.10 Å². The van der Waals surface area contributed by atoms with Gasteiger partial charge in [-0.25, -0.2) is 0 Å². The van der Waals surface area contributed by atoms with E-state index in [9.17, 15) is 0 Å². The summed E-state index contributed by atoms with van der Waals surface area (Å²) in [7, 11) is 1.98. The van der Waals surface area contributed by atoms with Crippen LogP contribution in [0.15, 0.2) is 36.5 Å². The molecule has 0 atom stereocenters. The maximum atomic E-state index is 5.95. The van der Waals surface area contributed by atoms with E-state index >= 15 is 0 Å². The first-order valence-corrected chi connectivity index (χ1v) is 6.63. The molecule has 1 fully saturated rings. The third-order valence-corrected chi connectivity index (χ3v) is 3.52. The summed E-state index contributed by atoms with van der Waals surface area (Å²) in [6, 6.07) is 10.3. The molecule has 19 heavy (non-hydrogen) atoms. The van der Waals surface area contributed by atoms with Gasteiger partial charge in [-0.15, -0.1) is 0 Å². The van der Waals surface area contributed by atoms with Crippen molar-refractivity contribution in [1.29, 1.82) is 0 Å². The van der Waals surface area contributed by atoms with Crippen LogP contribution in [0, 0.1) is 6.92 Å². The molecule has 4 nitrogen and oxygen atoms in total. The molecule has 2 aromatic rings. The average Bonchev–Trinajstić information content (AvgIpc) is 2.72. The second-order valence-electron chi connectivity index (χ2n) is 5.20. The van der Waals surface area contributed by atoms with Gasteiger partial charge in [-0.2, -0.15) is 5.10 Å². The maximum Gasteiger partial charge on any atom is 0.124 e. The van der Waals surface area contributed by atoms with E-state index < -0.39 is 0 Å². The minimum Gasteiger partial charge on any atom is -0.488 e. The van der Waals surface area contributed by atoms with Crippen LogP contribution in [0.5, 0.6) is 5.75 Å². The zero-order valence-electron chi connectivity index (χ0n) is 11.4. The molecule has 0 radical (unpaired) electrons. The molecule has 0 spiro atoms. The quantitative estimate of drug-likeness (QED) is 0.839. The minimum absolute atomic E-state index is 0.315. The number of aromatic nitrogens is 2. The molecule has 1 saturated heterocycles. The molecule has 3 rings (SSSR count). The van der Waals surface area contributed by atoms with E-state index in [1.807, 2.05) is 30.1 Å². The molecule has 0 amide bonds. The highest BCUT2D eigenvalue weighted by molar-refractivity contribution is 5.27. The van der Waals surface area contributed by atoms with E-state index in [1.54, 1.807) is 0 Å². The molecular formula is C15H19N3O. The van der Waals surface area contributed by atoms with Crippen LogP contribution in [0.4, 0.5) is 0 Å². The Morgan fingerprint density at radius 2 is 2.16 bits per heavy atom. The van der Waals surface area contributed by atoms with Crippen LogP contribution in [0.1, 0.15) is 11.3 Å². The van der Waals surface area contributed by atoms with Crippen LogP contribution in [-0.4, -0.2) is 33.9 Å². The van der Waals surface area contributed by atoms with Crippen molar-refractivity contribution in [3.63, 3.8) is 0 Å². The molecule has 1 aliphatic heterocycles. The van der Waals surface area contributed by atoms with Gasteiger partial charge in [0.05, 0.1) is 5.69 Å². The molecule has 2 heterocycles. The van der Waals surface area contributed by atoms with Gasteiger partial charge in [0.25, 0.3) is 0 Å². The Morgan fingerprint density at radius 1 is 1.32 bits per heavy atom. The zero-order chi connectivity index (χ0) is 13.2. The van der Waals surface area contributed by atoms with Crippen LogP contribution < -0.4 is 4.74 Å². The largest absolute Gasteiger partial charge is 0.488 e. The molecule has 1 aromatic heterocycles. The first-order chi connectivity index (χ1) is 9.20. The van der Waals surface area contributed by atoms with Gasteiger partial charge in [-0.3, -0.25) is 9.58 Å². The number of hydrogen-bond acceptors (Lipinski definition) is 3. The molecular weight excluding hydrogens is 238 g/mol. The van der Waals surface area contributed by atoms with E-state index in [-0.39, 0.29) is 0 Å². The van der Waals surface area contributed by atoms with Gasteiger partial charge in [-0.05, 0) is 30.7 Å². The number of rotatable bonds is 4. The fourth-order valence-electron chi connectivity index (χ4n) is 2.39. The Labute approximate surface area is 113 Å². The Bertz CT molecular complexity index is 558. The molecule has 0 N–H and O–H groups in total. The lowest BCUT2D eigenvalue weighted by Gasteiger charge is -2.38. The second-order valence-corrected chi connectivity index (χ2v) is 5.20. The summed E-state index contributed by atoms with van der Waals surface area (Å²) in [4.78, 5) is 2.37. The van der Waals surface area contributed by atoms with Crippen molar-refractivity contribution >= 4 is 0 Å². The van der Waals surface area contributed by atoms with Crippen LogP contribution in [-0.2, 0) is 13.6 Å². The summed E-state index contributed by atoms with van der Waals surface area (Å²) >= 11 is 0. The number of benzene rings is 1. The first-order valence-electron chi connectivity index (χ1n) is 6.63. The van der Waals surface area contributed by atoms with Crippen molar-refractivity contribution in [2.24, 2.45) is 7.05 Å². The summed E-state index contributed by atoms with van der Waals surface area (Å²) in [5.41, 5.74) is 2.48. The third-order valence-electron chi connectivity index (χ3n) is 3.52. The second kappa shape index (κ2) is 5.05. The van der Waals surface area contributed by atoms with Crippen molar-refractivity contribution in [1.82, 2.24) is 14.7 Å². The summed E-state index contributed by atoms with van der Waals surface area (Å²) in [6.45, 7) is 5.00. The Kier molecular flexibility index (Phi) is 3.25. The third kappa shape index (κ3) is 2.79. The van der Waals surface area contributed by atoms with E-state index in [4.69, 9.17) is 4.74 Å². The predicted molar refractivity (Wildman–Crippen MR) is 74.1 cm³/mol. The highest BCUT2D eigenvalue weighted by Gasteiger charge is 2.28. The Hall–Kier alpha value is -1.81. The lowest BCUT2D eigenvalue weighted by atomic mass is 10.1. The molecule has 0 bridgehead atoms.